The van der Waals surface area contributed by atoms with Crippen LogP contribution >= 0.6 is 0 Å². The predicted octanol–water partition coefficient (Wildman–Crippen LogP) is 1.31. The Morgan fingerprint density at radius 3 is 2.41 bits per heavy atom. The number of hydrogen-bond donors (Lipinski definition) is 5. The third-order valence-corrected chi connectivity index (χ3v) is 9.80. The lowest BCUT2D eigenvalue weighted by atomic mass is 9.45. The molecule has 10 unspecified atom stereocenters. The van der Waals surface area contributed by atoms with Crippen molar-refractivity contribution in [3.63, 3.8) is 0 Å². The van der Waals surface area contributed by atoms with Crippen molar-refractivity contribution in [1.82, 2.24) is 0 Å². The highest BCUT2D eigenvalue weighted by Gasteiger charge is 2.57. The molecule has 1 heterocycles. The number of aliphatic hydroxyl groups excluding tert-OH is 5. The molecule has 8 heteroatoms. The summed E-state index contributed by atoms with van der Waals surface area (Å²) in [5.74, 6) is 0.729. The largest absolute Gasteiger partial charge is 0.394 e. The van der Waals surface area contributed by atoms with Gasteiger partial charge in [-0.3, -0.25) is 4.79 Å². The van der Waals surface area contributed by atoms with Crippen LogP contribution in [0.2, 0.25) is 0 Å². The first-order chi connectivity index (χ1) is 15.8. The number of fused-ring (bicyclic) bond motifs is 3. The molecule has 2 saturated carbocycles. The van der Waals surface area contributed by atoms with Gasteiger partial charge in [-0.1, -0.05) is 32.4 Å². The zero-order valence-electron chi connectivity index (χ0n) is 20.8. The molecule has 0 amide bonds. The predicted molar refractivity (Wildman–Crippen MR) is 123 cm³/mol. The summed E-state index contributed by atoms with van der Waals surface area (Å²) in [4.78, 5) is 13.2. The Balaban J connectivity index is 1.45. The maximum absolute atomic E-state index is 13.2. The number of aliphatic hydroxyl groups is 5. The first-order valence-electron chi connectivity index (χ1n) is 12.7. The van der Waals surface area contributed by atoms with Crippen LogP contribution in [0.15, 0.2) is 11.6 Å². The summed E-state index contributed by atoms with van der Waals surface area (Å²) in [6, 6.07) is 0. The number of hydrogen-bond acceptors (Lipinski definition) is 8. The highest BCUT2D eigenvalue weighted by Crippen LogP contribution is 2.63. The van der Waals surface area contributed by atoms with Crippen molar-refractivity contribution in [2.75, 3.05) is 13.2 Å². The fourth-order valence-corrected chi connectivity index (χ4v) is 7.46. The third-order valence-electron chi connectivity index (χ3n) is 9.80. The molecule has 3 aliphatic carbocycles. The topological polar surface area (TPSA) is 137 Å². The molecule has 3 fully saturated rings. The molecular weight excluding hydrogens is 440 g/mol. The van der Waals surface area contributed by atoms with Gasteiger partial charge in [-0.05, 0) is 68.1 Å². The van der Waals surface area contributed by atoms with Gasteiger partial charge >= 0.3 is 0 Å². The summed E-state index contributed by atoms with van der Waals surface area (Å²) in [5, 5.41) is 50.0. The lowest BCUT2D eigenvalue weighted by Gasteiger charge is -2.60. The Kier molecular flexibility index (Phi) is 7.10. The molecule has 0 spiro atoms. The molecule has 0 aromatic carbocycles. The van der Waals surface area contributed by atoms with Gasteiger partial charge in [-0.15, -0.1) is 0 Å². The van der Waals surface area contributed by atoms with E-state index in [9.17, 15) is 30.3 Å². The number of carbonyl (C=O) groups excluding carboxylic acids is 1. The minimum atomic E-state index is -1.53. The van der Waals surface area contributed by atoms with Gasteiger partial charge in [0, 0.05) is 5.41 Å². The second-order valence-electron chi connectivity index (χ2n) is 12.1. The number of Topliss-reactive ketones (excluding diaryl/α,β-unsaturated/α-hetero) is 1. The van der Waals surface area contributed by atoms with Crippen LogP contribution in [-0.2, 0) is 14.3 Å². The van der Waals surface area contributed by atoms with Crippen molar-refractivity contribution in [3.05, 3.63) is 11.6 Å². The summed E-state index contributed by atoms with van der Waals surface area (Å²) in [6.07, 6.45) is 0.325. The van der Waals surface area contributed by atoms with E-state index in [0.29, 0.717) is 18.3 Å². The molecule has 10 atom stereocenters. The van der Waals surface area contributed by atoms with Gasteiger partial charge in [0.15, 0.2) is 12.1 Å². The summed E-state index contributed by atoms with van der Waals surface area (Å²) in [5.41, 5.74) is 0.645. The maximum atomic E-state index is 13.2. The number of allylic oxidation sites excluding steroid dienone is 2. The summed E-state index contributed by atoms with van der Waals surface area (Å²) in [7, 11) is 0. The van der Waals surface area contributed by atoms with E-state index in [1.54, 1.807) is 0 Å². The second-order valence-corrected chi connectivity index (χ2v) is 12.1. The molecule has 5 N–H and O–H groups in total. The van der Waals surface area contributed by atoms with Crippen LogP contribution < -0.4 is 0 Å². The Morgan fingerprint density at radius 2 is 1.74 bits per heavy atom. The third kappa shape index (κ3) is 4.19. The molecule has 34 heavy (non-hydrogen) atoms. The summed E-state index contributed by atoms with van der Waals surface area (Å²) < 4.78 is 10.9. The van der Waals surface area contributed by atoms with Gasteiger partial charge < -0.3 is 35.0 Å². The quantitative estimate of drug-likeness (QED) is 0.370. The molecule has 0 aromatic rings. The minimum Gasteiger partial charge on any atom is -0.394 e. The Labute approximate surface area is 202 Å². The molecule has 0 aromatic heterocycles. The van der Waals surface area contributed by atoms with Crippen LogP contribution in [0.5, 0.6) is 0 Å². The van der Waals surface area contributed by atoms with E-state index in [1.165, 1.54) is 5.57 Å². The Bertz CT molecular complexity index is 809. The monoisotopic (exact) mass is 482 g/mol. The zero-order chi connectivity index (χ0) is 25.1. The standard InChI is InChI=1S/C26H42O8/c1-24(2)17-6-5-14-11-25(3,9-7-15(14)26(17,4)10-8-18(24)28)19(29)13-33-23-22(32)21(31)20(30)16(12-27)34-23/h11,15-18,20-23,27-28,30-32H,5-10,12-13H2,1-4H3. The van der Waals surface area contributed by atoms with Crippen LogP contribution in [0, 0.1) is 28.1 Å². The van der Waals surface area contributed by atoms with Crippen molar-refractivity contribution in [2.24, 2.45) is 28.1 Å². The van der Waals surface area contributed by atoms with Gasteiger partial charge in [-0.25, -0.2) is 0 Å². The van der Waals surface area contributed by atoms with Gasteiger partial charge in [0.1, 0.15) is 31.0 Å². The first kappa shape index (κ1) is 26.2. The molecule has 1 saturated heterocycles. The summed E-state index contributed by atoms with van der Waals surface area (Å²) in [6.45, 7) is 7.85. The first-order valence-corrected chi connectivity index (χ1v) is 12.7. The molecule has 8 nitrogen and oxygen atoms in total. The van der Waals surface area contributed by atoms with E-state index < -0.39 is 42.7 Å². The Hall–Kier alpha value is -0.870. The van der Waals surface area contributed by atoms with Crippen molar-refractivity contribution in [3.8, 4) is 0 Å². The molecule has 0 radical (unpaired) electrons. The highest BCUT2D eigenvalue weighted by atomic mass is 16.7. The van der Waals surface area contributed by atoms with Crippen LogP contribution in [0.4, 0.5) is 0 Å². The van der Waals surface area contributed by atoms with Crippen LogP contribution in [0.1, 0.15) is 66.2 Å². The number of ketones is 1. The number of rotatable bonds is 5. The van der Waals surface area contributed by atoms with Crippen LogP contribution in [-0.4, -0.2) is 81.3 Å². The van der Waals surface area contributed by atoms with Crippen molar-refractivity contribution >= 4 is 5.78 Å². The number of ether oxygens (including phenoxy) is 2. The van der Waals surface area contributed by atoms with E-state index in [2.05, 4.69) is 26.8 Å². The molecule has 194 valence electrons. The van der Waals surface area contributed by atoms with E-state index in [-0.39, 0.29) is 29.3 Å². The van der Waals surface area contributed by atoms with Gasteiger partial charge in [0.05, 0.1) is 12.7 Å². The fourth-order valence-electron chi connectivity index (χ4n) is 7.46. The lowest BCUT2D eigenvalue weighted by Crippen LogP contribution is -2.59. The Morgan fingerprint density at radius 1 is 1.03 bits per heavy atom. The van der Waals surface area contributed by atoms with E-state index >= 15 is 0 Å². The number of carbonyl (C=O) groups is 1. The maximum Gasteiger partial charge on any atom is 0.187 e. The van der Waals surface area contributed by atoms with E-state index in [4.69, 9.17) is 9.47 Å². The lowest BCUT2D eigenvalue weighted by molar-refractivity contribution is -0.299. The minimum absolute atomic E-state index is 0.115. The molecular formula is C26H42O8. The van der Waals surface area contributed by atoms with Crippen LogP contribution in [0.25, 0.3) is 0 Å². The summed E-state index contributed by atoms with van der Waals surface area (Å²) >= 11 is 0. The van der Waals surface area contributed by atoms with Gasteiger partial charge in [-0.2, -0.15) is 0 Å². The molecule has 0 bridgehead atoms. The second kappa shape index (κ2) is 9.21. The van der Waals surface area contributed by atoms with E-state index in [1.807, 2.05) is 6.92 Å². The van der Waals surface area contributed by atoms with Crippen molar-refractivity contribution in [1.29, 1.82) is 0 Å². The molecule has 4 aliphatic rings. The van der Waals surface area contributed by atoms with Gasteiger partial charge in [0.25, 0.3) is 0 Å². The normalized spacial score (nSPS) is 48.4. The molecule has 4 rings (SSSR count). The average molecular weight is 483 g/mol. The highest BCUT2D eigenvalue weighted by molar-refractivity contribution is 5.87. The SMILES string of the molecule is CC1(C(=O)COC2OC(CO)C(O)C(O)C2O)C=C2CCC3C(C)(C)C(O)CCC3(C)C2CC1. The molecule has 1 aliphatic heterocycles. The van der Waals surface area contributed by atoms with Gasteiger partial charge in [0.2, 0.25) is 0 Å². The smallest absolute Gasteiger partial charge is 0.187 e. The van der Waals surface area contributed by atoms with Crippen molar-refractivity contribution < 1.29 is 39.8 Å². The fraction of sp³-hybridized carbons (Fsp3) is 0.885. The van der Waals surface area contributed by atoms with E-state index in [0.717, 1.165) is 32.1 Å². The zero-order valence-corrected chi connectivity index (χ0v) is 20.8. The van der Waals surface area contributed by atoms with Crippen LogP contribution in [0.3, 0.4) is 0 Å². The van der Waals surface area contributed by atoms with Crippen molar-refractivity contribution in [2.45, 2.75) is 103 Å². The average Bonchev–Trinajstić information content (AvgIpc) is 2.79.